The molecule has 6 nitrogen and oxygen atoms in total. The molecular formula is C22H38IN3O3. The van der Waals surface area contributed by atoms with Crippen molar-refractivity contribution >= 4 is 29.9 Å². The van der Waals surface area contributed by atoms with Crippen LogP contribution in [0.15, 0.2) is 29.3 Å². The molecule has 1 aliphatic heterocycles. The Morgan fingerprint density at radius 2 is 2.00 bits per heavy atom. The van der Waals surface area contributed by atoms with Crippen LogP contribution in [0.25, 0.3) is 0 Å². The van der Waals surface area contributed by atoms with Crippen LogP contribution >= 0.6 is 24.0 Å². The molecule has 29 heavy (non-hydrogen) atoms. The van der Waals surface area contributed by atoms with Gasteiger partial charge in [-0.2, -0.15) is 0 Å². The number of ether oxygens (including phenoxy) is 3. The predicted molar refractivity (Wildman–Crippen MR) is 129 cm³/mol. The molecule has 1 aliphatic rings. The minimum Gasteiger partial charge on any atom is -0.493 e. The van der Waals surface area contributed by atoms with Crippen molar-refractivity contribution < 1.29 is 14.2 Å². The molecule has 7 heteroatoms. The first kappa shape index (κ1) is 26.0. The summed E-state index contributed by atoms with van der Waals surface area (Å²) in [6.07, 6.45) is 1.14. The Labute approximate surface area is 193 Å². The Hall–Kier alpha value is -1.06. The van der Waals surface area contributed by atoms with E-state index >= 15 is 0 Å². The third-order valence-electron chi connectivity index (χ3n) is 4.62. The van der Waals surface area contributed by atoms with Gasteiger partial charge in [0.15, 0.2) is 5.96 Å². The Morgan fingerprint density at radius 1 is 1.24 bits per heavy atom. The van der Waals surface area contributed by atoms with E-state index in [0.717, 1.165) is 51.0 Å². The number of guanidine groups is 1. The number of methoxy groups -OCH3 is 1. The second kappa shape index (κ2) is 14.8. The summed E-state index contributed by atoms with van der Waals surface area (Å²) in [5.74, 6) is 2.99. The maximum Gasteiger partial charge on any atom is 0.194 e. The fraction of sp³-hybridized carbons (Fsp3) is 0.682. The van der Waals surface area contributed by atoms with Crippen molar-refractivity contribution in [1.82, 2.24) is 10.2 Å². The number of likely N-dealkylation sites (tertiary alicyclic amines) is 1. The molecule has 0 bridgehead atoms. The highest BCUT2D eigenvalue weighted by Gasteiger charge is 2.24. The van der Waals surface area contributed by atoms with Crippen LogP contribution in [0, 0.1) is 11.8 Å². The van der Waals surface area contributed by atoms with E-state index in [0.29, 0.717) is 31.6 Å². The third-order valence-corrected chi connectivity index (χ3v) is 4.62. The molecule has 2 rings (SSSR count). The zero-order valence-corrected chi connectivity index (χ0v) is 20.7. The van der Waals surface area contributed by atoms with Gasteiger partial charge in [0.05, 0.1) is 33.0 Å². The van der Waals surface area contributed by atoms with E-state index in [-0.39, 0.29) is 24.0 Å². The van der Waals surface area contributed by atoms with Gasteiger partial charge in [0, 0.05) is 32.7 Å². The van der Waals surface area contributed by atoms with E-state index < -0.39 is 0 Å². The number of halogens is 1. The highest BCUT2D eigenvalue weighted by Crippen LogP contribution is 2.18. The Morgan fingerprint density at radius 3 is 2.66 bits per heavy atom. The number of hydrogen-bond donors (Lipinski definition) is 1. The topological polar surface area (TPSA) is 55.3 Å². The Bertz CT molecular complexity index is 581. The van der Waals surface area contributed by atoms with Crippen LogP contribution in [0.1, 0.15) is 32.8 Å². The summed E-state index contributed by atoms with van der Waals surface area (Å²) in [5, 5.41) is 3.43. The smallest absolute Gasteiger partial charge is 0.194 e. The van der Waals surface area contributed by atoms with Crippen LogP contribution in [0.3, 0.4) is 0 Å². The molecule has 1 atom stereocenters. The quantitative estimate of drug-likeness (QED) is 0.209. The zero-order valence-electron chi connectivity index (χ0n) is 18.4. The number of aliphatic imine (C=N–C) groups is 1. The van der Waals surface area contributed by atoms with Gasteiger partial charge in [0.2, 0.25) is 0 Å². The minimum absolute atomic E-state index is 0. The number of rotatable bonds is 11. The second-order valence-corrected chi connectivity index (χ2v) is 7.69. The third kappa shape index (κ3) is 10.00. The number of benzene rings is 1. The van der Waals surface area contributed by atoms with Gasteiger partial charge in [0.25, 0.3) is 0 Å². The Balaban J connectivity index is 0.00000420. The molecule has 1 N–H and O–H groups in total. The van der Waals surface area contributed by atoms with E-state index in [1.807, 2.05) is 12.1 Å². The molecule has 1 heterocycles. The van der Waals surface area contributed by atoms with Gasteiger partial charge in [-0.05, 0) is 37.0 Å². The van der Waals surface area contributed by atoms with Crippen molar-refractivity contribution in [1.29, 1.82) is 0 Å². The van der Waals surface area contributed by atoms with Crippen molar-refractivity contribution in [2.75, 3.05) is 53.2 Å². The van der Waals surface area contributed by atoms with Gasteiger partial charge in [0.1, 0.15) is 5.75 Å². The Kier molecular flexibility index (Phi) is 13.3. The average Bonchev–Trinajstić information content (AvgIpc) is 3.16. The first-order valence-electron chi connectivity index (χ1n) is 10.4. The first-order valence-corrected chi connectivity index (χ1v) is 10.4. The highest BCUT2D eigenvalue weighted by molar-refractivity contribution is 14.0. The maximum atomic E-state index is 5.75. The van der Waals surface area contributed by atoms with Gasteiger partial charge >= 0.3 is 0 Å². The maximum absolute atomic E-state index is 5.75. The van der Waals surface area contributed by atoms with Crippen LogP contribution in [-0.2, 0) is 16.0 Å². The molecule has 1 aromatic rings. The van der Waals surface area contributed by atoms with Crippen molar-refractivity contribution in [3.05, 3.63) is 29.8 Å². The molecule has 0 spiro atoms. The summed E-state index contributed by atoms with van der Waals surface area (Å²) < 4.78 is 16.5. The molecule has 0 radical (unpaired) electrons. The summed E-state index contributed by atoms with van der Waals surface area (Å²) in [6, 6.07) is 8.26. The monoisotopic (exact) mass is 519 g/mol. The first-order chi connectivity index (χ1) is 13.6. The molecule has 166 valence electrons. The lowest BCUT2D eigenvalue weighted by Gasteiger charge is -2.21. The van der Waals surface area contributed by atoms with Crippen LogP contribution in [0.4, 0.5) is 0 Å². The normalized spacial score (nSPS) is 16.8. The minimum atomic E-state index is 0. The van der Waals surface area contributed by atoms with Crippen molar-refractivity contribution in [2.24, 2.45) is 16.8 Å². The molecular weight excluding hydrogens is 481 g/mol. The van der Waals surface area contributed by atoms with Crippen LogP contribution in [0.2, 0.25) is 0 Å². The molecule has 0 saturated carbocycles. The number of hydrogen-bond acceptors (Lipinski definition) is 4. The van der Waals surface area contributed by atoms with Gasteiger partial charge in [-0.1, -0.05) is 26.0 Å². The van der Waals surface area contributed by atoms with E-state index in [1.165, 1.54) is 5.56 Å². The summed E-state index contributed by atoms with van der Waals surface area (Å²) in [4.78, 5) is 7.18. The zero-order chi connectivity index (χ0) is 20.2. The summed E-state index contributed by atoms with van der Waals surface area (Å²) >= 11 is 0. The van der Waals surface area contributed by atoms with Crippen LogP contribution < -0.4 is 10.1 Å². The van der Waals surface area contributed by atoms with E-state index in [1.54, 1.807) is 7.11 Å². The molecule has 0 aromatic heterocycles. The predicted octanol–water partition coefficient (Wildman–Crippen LogP) is 3.79. The van der Waals surface area contributed by atoms with E-state index in [2.05, 4.69) is 43.1 Å². The number of nitrogens with zero attached hydrogens (tertiary/aromatic N) is 2. The largest absolute Gasteiger partial charge is 0.493 e. The molecule has 0 amide bonds. The average molecular weight is 519 g/mol. The fourth-order valence-corrected chi connectivity index (χ4v) is 3.10. The highest BCUT2D eigenvalue weighted by atomic mass is 127. The van der Waals surface area contributed by atoms with Crippen molar-refractivity contribution in [3.63, 3.8) is 0 Å². The molecule has 1 fully saturated rings. The molecule has 1 aromatic carbocycles. The van der Waals surface area contributed by atoms with Crippen molar-refractivity contribution in [2.45, 2.75) is 33.7 Å². The molecule has 0 aliphatic carbocycles. The lowest BCUT2D eigenvalue weighted by atomic mass is 10.1. The van der Waals surface area contributed by atoms with Crippen LogP contribution in [-0.4, -0.2) is 64.0 Å². The summed E-state index contributed by atoms with van der Waals surface area (Å²) in [7, 11) is 1.70. The molecule has 1 unspecified atom stereocenters. The van der Waals surface area contributed by atoms with E-state index in [9.17, 15) is 0 Å². The summed E-state index contributed by atoms with van der Waals surface area (Å²) in [5.41, 5.74) is 1.19. The van der Waals surface area contributed by atoms with Crippen LogP contribution in [0.5, 0.6) is 5.75 Å². The van der Waals surface area contributed by atoms with Gasteiger partial charge in [-0.25, -0.2) is 4.99 Å². The summed E-state index contributed by atoms with van der Waals surface area (Å²) in [6.45, 7) is 12.8. The molecule has 1 saturated heterocycles. The van der Waals surface area contributed by atoms with Gasteiger partial charge in [-0.3, -0.25) is 0 Å². The van der Waals surface area contributed by atoms with Gasteiger partial charge in [-0.15, -0.1) is 24.0 Å². The second-order valence-electron chi connectivity index (χ2n) is 7.69. The lowest BCUT2D eigenvalue weighted by molar-refractivity contribution is 0.0536. The van der Waals surface area contributed by atoms with E-state index in [4.69, 9.17) is 19.2 Å². The standard InChI is InChI=1S/C22H37N3O3.HI/c1-5-23-22(25-11-10-20(15-25)17-27-13-12-26-4)24-14-19-6-8-21(9-7-19)28-16-18(2)3;/h6-9,18,20H,5,10-17H2,1-4H3,(H,23,24);1H. The number of nitrogens with one attached hydrogen (secondary N) is 1. The lowest BCUT2D eigenvalue weighted by Crippen LogP contribution is -2.40. The van der Waals surface area contributed by atoms with Gasteiger partial charge < -0.3 is 24.4 Å². The SMILES string of the molecule is CCNC(=NCc1ccc(OCC(C)C)cc1)N1CCC(COCCOC)C1.I. The van der Waals surface area contributed by atoms with Crippen molar-refractivity contribution in [3.8, 4) is 5.75 Å². The fourth-order valence-electron chi connectivity index (χ4n) is 3.10.